The van der Waals surface area contributed by atoms with Crippen LogP contribution in [0.2, 0.25) is 0 Å². The van der Waals surface area contributed by atoms with Gasteiger partial charge >= 0.3 is 0 Å². The molecule has 0 unspecified atom stereocenters. The Labute approximate surface area is 69.8 Å². The highest BCUT2D eigenvalue weighted by molar-refractivity contribution is 9.10. The molecule has 56 valence electrons. The standard InChI is InChI=1S/C6H4BrN3O/c7-3-1-2-8-5-4(3)6(11)10-9-5/h1-2H,(H2,8,9,10,11). The zero-order valence-electron chi connectivity index (χ0n) is 5.39. The summed E-state index contributed by atoms with van der Waals surface area (Å²) in [6.07, 6.45) is 1.62. The summed E-state index contributed by atoms with van der Waals surface area (Å²) in [6.45, 7) is 0. The monoisotopic (exact) mass is 213 g/mol. The van der Waals surface area contributed by atoms with Gasteiger partial charge in [0.05, 0.1) is 5.39 Å². The Morgan fingerprint density at radius 1 is 1.45 bits per heavy atom. The third-order valence-electron chi connectivity index (χ3n) is 1.42. The third-order valence-corrected chi connectivity index (χ3v) is 2.08. The Morgan fingerprint density at radius 3 is 3.00 bits per heavy atom. The van der Waals surface area contributed by atoms with E-state index in [2.05, 4.69) is 31.1 Å². The number of pyridine rings is 1. The fourth-order valence-corrected chi connectivity index (χ4v) is 1.41. The lowest BCUT2D eigenvalue weighted by Gasteiger charge is -1.87. The van der Waals surface area contributed by atoms with Crippen molar-refractivity contribution in [3.8, 4) is 0 Å². The second-order valence-electron chi connectivity index (χ2n) is 2.10. The topological polar surface area (TPSA) is 61.5 Å². The molecule has 0 aliphatic rings. The SMILES string of the molecule is O=c1[nH][nH]c2nccc(Br)c12. The van der Waals surface area contributed by atoms with E-state index in [9.17, 15) is 4.79 Å². The number of nitrogens with zero attached hydrogens (tertiary/aromatic N) is 1. The van der Waals surface area contributed by atoms with E-state index in [1.807, 2.05) is 0 Å². The lowest BCUT2D eigenvalue weighted by Crippen LogP contribution is -1.97. The van der Waals surface area contributed by atoms with E-state index in [0.29, 0.717) is 11.0 Å². The molecule has 0 saturated heterocycles. The van der Waals surface area contributed by atoms with E-state index in [4.69, 9.17) is 0 Å². The molecule has 0 fully saturated rings. The molecule has 2 rings (SSSR count). The second kappa shape index (κ2) is 2.20. The summed E-state index contributed by atoms with van der Waals surface area (Å²) in [5, 5.41) is 5.66. The van der Waals surface area contributed by atoms with Crippen molar-refractivity contribution >= 4 is 27.0 Å². The Balaban J connectivity index is 3.08. The number of hydrogen-bond acceptors (Lipinski definition) is 2. The molecule has 2 N–H and O–H groups in total. The maximum atomic E-state index is 11.0. The van der Waals surface area contributed by atoms with Gasteiger partial charge in [0, 0.05) is 10.7 Å². The molecule has 2 aromatic heterocycles. The molecular weight excluding hydrogens is 210 g/mol. The molecule has 0 radical (unpaired) electrons. The molecule has 0 aliphatic heterocycles. The molecule has 5 heteroatoms. The van der Waals surface area contributed by atoms with Crippen LogP contribution in [0.25, 0.3) is 11.0 Å². The van der Waals surface area contributed by atoms with Gasteiger partial charge in [-0.1, -0.05) is 0 Å². The zero-order chi connectivity index (χ0) is 7.84. The molecule has 2 heterocycles. The summed E-state index contributed by atoms with van der Waals surface area (Å²) in [5.41, 5.74) is 0.421. The highest BCUT2D eigenvalue weighted by Crippen LogP contribution is 2.15. The summed E-state index contributed by atoms with van der Waals surface area (Å²) in [4.78, 5) is 15.0. The van der Waals surface area contributed by atoms with Crippen LogP contribution in [0.5, 0.6) is 0 Å². The quantitative estimate of drug-likeness (QED) is 0.687. The number of nitrogens with one attached hydrogen (secondary N) is 2. The molecule has 0 aliphatic carbocycles. The number of halogens is 1. The van der Waals surface area contributed by atoms with Crippen LogP contribution in [0, 0.1) is 0 Å². The van der Waals surface area contributed by atoms with Gasteiger partial charge in [-0.25, -0.2) is 4.98 Å². The lowest BCUT2D eigenvalue weighted by atomic mass is 10.4. The van der Waals surface area contributed by atoms with Crippen LogP contribution in [0.4, 0.5) is 0 Å². The van der Waals surface area contributed by atoms with E-state index in [-0.39, 0.29) is 5.56 Å². The van der Waals surface area contributed by atoms with Gasteiger partial charge in [0.25, 0.3) is 5.56 Å². The Kier molecular flexibility index (Phi) is 1.32. The minimum absolute atomic E-state index is 0.153. The number of hydrogen-bond donors (Lipinski definition) is 2. The first kappa shape index (κ1) is 6.60. The average molecular weight is 214 g/mol. The molecule has 0 aromatic carbocycles. The van der Waals surface area contributed by atoms with E-state index in [1.54, 1.807) is 12.3 Å². The Morgan fingerprint density at radius 2 is 2.27 bits per heavy atom. The normalized spacial score (nSPS) is 10.6. The molecule has 0 saturated carbocycles. The highest BCUT2D eigenvalue weighted by atomic mass is 79.9. The van der Waals surface area contributed by atoms with Crippen molar-refractivity contribution < 1.29 is 0 Å². The van der Waals surface area contributed by atoms with E-state index < -0.39 is 0 Å². The number of fused-ring (bicyclic) bond motifs is 1. The first-order valence-electron chi connectivity index (χ1n) is 3.00. The van der Waals surface area contributed by atoms with Crippen LogP contribution in [-0.2, 0) is 0 Å². The number of H-pyrrole nitrogens is 2. The number of rotatable bonds is 0. The van der Waals surface area contributed by atoms with Gasteiger partial charge in [0.15, 0.2) is 5.65 Å². The van der Waals surface area contributed by atoms with E-state index >= 15 is 0 Å². The maximum absolute atomic E-state index is 11.0. The van der Waals surface area contributed by atoms with Crippen molar-refractivity contribution in [3.05, 3.63) is 27.1 Å². The average Bonchev–Trinajstić information content (AvgIpc) is 2.34. The van der Waals surface area contributed by atoms with E-state index in [1.165, 1.54) is 0 Å². The lowest BCUT2D eigenvalue weighted by molar-refractivity contribution is 1.06. The molecule has 2 aromatic rings. The second-order valence-corrected chi connectivity index (χ2v) is 2.95. The Bertz CT molecular complexity index is 444. The predicted molar refractivity (Wildman–Crippen MR) is 44.4 cm³/mol. The first-order valence-corrected chi connectivity index (χ1v) is 3.79. The van der Waals surface area contributed by atoms with Crippen LogP contribution in [0.3, 0.4) is 0 Å². The van der Waals surface area contributed by atoms with Crippen molar-refractivity contribution in [1.82, 2.24) is 15.2 Å². The van der Waals surface area contributed by atoms with Crippen LogP contribution in [0.1, 0.15) is 0 Å². The van der Waals surface area contributed by atoms with Gasteiger partial charge in [-0.05, 0) is 22.0 Å². The summed E-state index contributed by atoms with van der Waals surface area (Å²) in [6, 6.07) is 1.73. The van der Waals surface area contributed by atoms with Crippen molar-refractivity contribution in [2.45, 2.75) is 0 Å². The minimum atomic E-state index is -0.153. The summed E-state index contributed by atoms with van der Waals surface area (Å²) >= 11 is 3.25. The van der Waals surface area contributed by atoms with Crippen LogP contribution < -0.4 is 5.56 Å². The smallest absolute Gasteiger partial charge is 0.274 e. The molecule has 0 amide bonds. The largest absolute Gasteiger partial charge is 0.281 e. The fraction of sp³-hybridized carbons (Fsp3) is 0. The number of aromatic amines is 2. The molecule has 0 atom stereocenters. The molecule has 0 spiro atoms. The highest BCUT2D eigenvalue weighted by Gasteiger charge is 2.03. The van der Waals surface area contributed by atoms with Gasteiger partial charge in [-0.2, -0.15) is 0 Å². The molecule has 0 bridgehead atoms. The van der Waals surface area contributed by atoms with Gasteiger partial charge < -0.3 is 0 Å². The number of aromatic nitrogens is 3. The van der Waals surface area contributed by atoms with Gasteiger partial charge in [-0.3, -0.25) is 15.0 Å². The van der Waals surface area contributed by atoms with Crippen molar-refractivity contribution in [3.63, 3.8) is 0 Å². The Hall–Kier alpha value is -1.10. The van der Waals surface area contributed by atoms with Gasteiger partial charge in [0.1, 0.15) is 0 Å². The van der Waals surface area contributed by atoms with E-state index in [0.717, 1.165) is 4.47 Å². The minimum Gasteiger partial charge on any atom is -0.281 e. The summed E-state index contributed by atoms with van der Waals surface area (Å²) < 4.78 is 0.755. The first-order chi connectivity index (χ1) is 5.29. The maximum Gasteiger partial charge on any atom is 0.274 e. The fourth-order valence-electron chi connectivity index (χ4n) is 0.927. The van der Waals surface area contributed by atoms with Crippen LogP contribution >= 0.6 is 15.9 Å². The summed E-state index contributed by atoms with van der Waals surface area (Å²) in [7, 11) is 0. The van der Waals surface area contributed by atoms with Crippen molar-refractivity contribution in [1.29, 1.82) is 0 Å². The van der Waals surface area contributed by atoms with Crippen LogP contribution in [-0.4, -0.2) is 15.2 Å². The van der Waals surface area contributed by atoms with Crippen molar-refractivity contribution in [2.24, 2.45) is 0 Å². The predicted octanol–water partition coefficient (Wildman–Crippen LogP) is 1.01. The molecule has 11 heavy (non-hydrogen) atoms. The third kappa shape index (κ3) is 0.883. The van der Waals surface area contributed by atoms with Crippen molar-refractivity contribution in [2.75, 3.05) is 0 Å². The molecule has 4 nitrogen and oxygen atoms in total. The summed E-state index contributed by atoms with van der Waals surface area (Å²) in [5.74, 6) is 0. The zero-order valence-corrected chi connectivity index (χ0v) is 6.97. The van der Waals surface area contributed by atoms with Crippen LogP contribution in [0.15, 0.2) is 21.5 Å². The molecular formula is C6H4BrN3O. The van der Waals surface area contributed by atoms with Gasteiger partial charge in [-0.15, -0.1) is 0 Å². The van der Waals surface area contributed by atoms with Gasteiger partial charge in [0.2, 0.25) is 0 Å².